The molecular weight excluding hydrogens is 456 g/mol. The Kier molecular flexibility index (Phi) is 5.79. The van der Waals surface area contributed by atoms with Gasteiger partial charge in [0.05, 0.1) is 30.6 Å². The molecule has 1 aromatic carbocycles. The van der Waals surface area contributed by atoms with Gasteiger partial charge in [0.2, 0.25) is 0 Å². The minimum Gasteiger partial charge on any atom is -0.493 e. The molecule has 2 aliphatic heterocycles. The van der Waals surface area contributed by atoms with Crippen LogP contribution in [-0.4, -0.2) is 52.5 Å². The Balaban J connectivity index is 1.72. The minimum absolute atomic E-state index is 0.0161. The Bertz CT molecular complexity index is 1300. The van der Waals surface area contributed by atoms with Crippen molar-refractivity contribution < 1.29 is 24.1 Å². The summed E-state index contributed by atoms with van der Waals surface area (Å²) in [5, 5.41) is 11.5. The van der Waals surface area contributed by atoms with Gasteiger partial charge in [-0.05, 0) is 43.1 Å². The number of aromatic nitrogens is 2. The molecule has 0 bridgehead atoms. The average Bonchev–Trinajstić information content (AvgIpc) is 3.44. The summed E-state index contributed by atoms with van der Waals surface area (Å²) in [5.74, 6) is -0.502. The molecule has 9 heteroatoms. The molecule has 5 rings (SSSR count). The summed E-state index contributed by atoms with van der Waals surface area (Å²) >= 11 is 1.35. The highest BCUT2D eigenvalue weighted by molar-refractivity contribution is 7.03. The third-order valence-corrected chi connectivity index (χ3v) is 7.25. The van der Waals surface area contributed by atoms with Crippen LogP contribution in [0, 0.1) is 0 Å². The maximum Gasteiger partial charge on any atom is 0.341 e. The van der Waals surface area contributed by atoms with Gasteiger partial charge in [-0.3, -0.25) is 4.79 Å². The molecule has 1 N–H and O–H groups in total. The van der Waals surface area contributed by atoms with Gasteiger partial charge < -0.3 is 23.9 Å². The number of pyridine rings is 1. The molecule has 1 unspecified atom stereocenters. The first-order valence-corrected chi connectivity index (χ1v) is 12.0. The summed E-state index contributed by atoms with van der Waals surface area (Å²) in [6.07, 6.45) is 4.02. The van der Waals surface area contributed by atoms with Gasteiger partial charge >= 0.3 is 5.97 Å². The van der Waals surface area contributed by atoms with Crippen LogP contribution in [0.2, 0.25) is 0 Å². The number of nitrogens with zero attached hydrogens (tertiary/aromatic N) is 2. The quantitative estimate of drug-likeness (QED) is 0.504. The van der Waals surface area contributed by atoms with Crippen LogP contribution in [-0.2, 0) is 9.47 Å². The number of hydrogen-bond donors (Lipinski definition) is 1. The van der Waals surface area contributed by atoms with Crippen LogP contribution in [0.3, 0.4) is 0 Å². The molecule has 8 nitrogen and oxygen atoms in total. The summed E-state index contributed by atoms with van der Waals surface area (Å²) in [5.41, 5.74) is 3.09. The smallest absolute Gasteiger partial charge is 0.341 e. The number of aromatic carboxylic acids is 1. The van der Waals surface area contributed by atoms with Crippen molar-refractivity contribution in [1.82, 2.24) is 8.94 Å². The normalized spacial score (nSPS) is 19.9. The first-order chi connectivity index (χ1) is 16.3. The predicted molar refractivity (Wildman–Crippen MR) is 128 cm³/mol. The van der Waals surface area contributed by atoms with Crippen LogP contribution >= 0.6 is 11.5 Å². The molecule has 0 amide bonds. The largest absolute Gasteiger partial charge is 0.493 e. The van der Waals surface area contributed by atoms with Crippen LogP contribution < -0.4 is 10.2 Å². The lowest BCUT2D eigenvalue weighted by molar-refractivity contribution is 0.0145. The standard InChI is InChI=1S/C25H26N2O6S/c1-25(2)23-19(12-33-25)16-8-22(32-6-4-5-31-3)15(14-10-26-34-13-14)7-17(16)20-9-21(28)18(24(29)30)11-27(20)23/h7-11,13,19,23H,4-6,12H2,1-3H3,(H,29,30)/t19-,23?/m1/s1. The summed E-state index contributed by atoms with van der Waals surface area (Å²) in [4.78, 5) is 24.4. The van der Waals surface area contributed by atoms with E-state index in [2.05, 4.69) is 10.4 Å². The van der Waals surface area contributed by atoms with Crippen LogP contribution in [0.5, 0.6) is 5.75 Å². The Morgan fingerprint density at radius 2 is 2.12 bits per heavy atom. The van der Waals surface area contributed by atoms with Gasteiger partial charge in [-0.2, -0.15) is 0 Å². The molecule has 178 valence electrons. The van der Waals surface area contributed by atoms with Crippen molar-refractivity contribution in [1.29, 1.82) is 0 Å². The number of fused-ring (bicyclic) bond motifs is 6. The third-order valence-electron chi connectivity index (χ3n) is 6.66. The molecule has 2 aromatic heterocycles. The van der Waals surface area contributed by atoms with Crippen LogP contribution in [0.25, 0.3) is 22.4 Å². The molecule has 0 saturated carbocycles. The average molecular weight is 483 g/mol. The molecule has 34 heavy (non-hydrogen) atoms. The molecule has 1 saturated heterocycles. The van der Waals surface area contributed by atoms with E-state index < -0.39 is 17.0 Å². The second kappa shape index (κ2) is 8.65. The predicted octanol–water partition coefficient (Wildman–Crippen LogP) is 4.20. The lowest BCUT2D eigenvalue weighted by Gasteiger charge is -2.38. The van der Waals surface area contributed by atoms with Gasteiger partial charge in [0.15, 0.2) is 5.43 Å². The highest BCUT2D eigenvalue weighted by Crippen LogP contribution is 2.54. The minimum atomic E-state index is -1.23. The Hall–Kier alpha value is -3.01. The Morgan fingerprint density at radius 3 is 2.82 bits per heavy atom. The van der Waals surface area contributed by atoms with Crippen molar-refractivity contribution >= 4 is 17.5 Å². The summed E-state index contributed by atoms with van der Waals surface area (Å²) < 4.78 is 23.7. The first kappa shape index (κ1) is 22.8. The third kappa shape index (κ3) is 3.73. The molecule has 1 fully saturated rings. The van der Waals surface area contributed by atoms with E-state index in [9.17, 15) is 14.7 Å². The van der Waals surface area contributed by atoms with Gasteiger partial charge in [-0.1, -0.05) is 0 Å². The Morgan fingerprint density at radius 1 is 1.29 bits per heavy atom. The number of hydrogen-bond acceptors (Lipinski definition) is 7. The number of ether oxygens (including phenoxy) is 3. The monoisotopic (exact) mass is 482 g/mol. The van der Waals surface area contributed by atoms with Crippen molar-refractivity contribution in [3.63, 3.8) is 0 Å². The zero-order valence-corrected chi connectivity index (χ0v) is 20.1. The fraction of sp³-hybridized carbons (Fsp3) is 0.400. The second-order valence-electron chi connectivity index (χ2n) is 9.16. The molecule has 2 atom stereocenters. The topological polar surface area (TPSA) is 99.9 Å². The molecule has 4 heterocycles. The van der Waals surface area contributed by atoms with Gasteiger partial charge in [-0.25, -0.2) is 9.17 Å². The lowest BCUT2D eigenvalue weighted by atomic mass is 9.78. The number of benzene rings is 1. The van der Waals surface area contributed by atoms with E-state index in [1.54, 1.807) is 13.3 Å². The Labute approximate surface area is 200 Å². The highest BCUT2D eigenvalue weighted by Gasteiger charge is 2.49. The number of carboxylic acid groups (broad SMARTS) is 1. The zero-order chi connectivity index (χ0) is 24.0. The molecule has 2 aliphatic rings. The van der Waals surface area contributed by atoms with Crippen LogP contribution in [0.15, 0.2) is 40.8 Å². The van der Waals surface area contributed by atoms with Crippen molar-refractivity contribution in [2.24, 2.45) is 0 Å². The fourth-order valence-corrected chi connectivity index (χ4v) is 5.64. The fourth-order valence-electron chi connectivity index (χ4n) is 5.10. The van der Waals surface area contributed by atoms with Gasteiger partial charge in [0.25, 0.3) is 0 Å². The van der Waals surface area contributed by atoms with Gasteiger partial charge in [0.1, 0.15) is 11.3 Å². The summed E-state index contributed by atoms with van der Waals surface area (Å²) in [7, 11) is 1.67. The van der Waals surface area contributed by atoms with E-state index >= 15 is 0 Å². The number of carbonyl (C=O) groups is 1. The lowest BCUT2D eigenvalue weighted by Crippen LogP contribution is -2.36. The summed E-state index contributed by atoms with van der Waals surface area (Å²) in [6, 6.07) is 5.35. The SMILES string of the molecule is COCCCOc1cc2c(cc1-c1cnsc1)-c1cc(=O)c(C(=O)O)cn1C1[C@@H]2COC1(C)C. The van der Waals surface area contributed by atoms with E-state index in [4.69, 9.17) is 14.2 Å². The summed E-state index contributed by atoms with van der Waals surface area (Å²) in [6.45, 7) is 5.60. The first-order valence-electron chi connectivity index (χ1n) is 11.1. The van der Waals surface area contributed by atoms with E-state index in [0.29, 0.717) is 25.5 Å². The number of rotatable bonds is 7. The van der Waals surface area contributed by atoms with E-state index in [1.165, 1.54) is 23.8 Å². The van der Waals surface area contributed by atoms with E-state index in [0.717, 1.165) is 34.4 Å². The van der Waals surface area contributed by atoms with Gasteiger partial charge in [0, 0.05) is 66.6 Å². The van der Waals surface area contributed by atoms with E-state index in [1.807, 2.05) is 29.9 Å². The molecule has 0 aliphatic carbocycles. The number of methoxy groups -OCH3 is 1. The zero-order valence-electron chi connectivity index (χ0n) is 19.2. The van der Waals surface area contributed by atoms with Gasteiger partial charge in [-0.15, -0.1) is 0 Å². The molecule has 0 spiro atoms. The van der Waals surface area contributed by atoms with Crippen molar-refractivity contribution in [3.05, 3.63) is 57.3 Å². The maximum absolute atomic E-state index is 12.7. The maximum atomic E-state index is 12.7. The molecule has 0 radical (unpaired) electrons. The second-order valence-corrected chi connectivity index (χ2v) is 9.82. The van der Waals surface area contributed by atoms with E-state index in [-0.39, 0.29) is 17.5 Å². The molecule has 3 aromatic rings. The van der Waals surface area contributed by atoms with Crippen LogP contribution in [0.4, 0.5) is 0 Å². The highest BCUT2D eigenvalue weighted by atomic mass is 32.1. The van der Waals surface area contributed by atoms with Crippen LogP contribution in [0.1, 0.15) is 48.1 Å². The van der Waals surface area contributed by atoms with Crippen molar-refractivity contribution in [3.8, 4) is 28.1 Å². The molecular formula is C25H26N2O6S. The number of carboxylic acids is 1. The van der Waals surface area contributed by atoms with Crippen molar-refractivity contribution in [2.75, 3.05) is 26.9 Å². The van der Waals surface area contributed by atoms with Crippen molar-refractivity contribution in [2.45, 2.75) is 37.8 Å².